The number of piperidine rings is 2. The average Bonchev–Trinajstić information content (AvgIpc) is 3.99. The Morgan fingerprint density at radius 1 is 0.494 bits per heavy atom. The highest BCUT2D eigenvalue weighted by Crippen LogP contribution is 2.54. The van der Waals surface area contributed by atoms with Crippen LogP contribution in [-0.4, -0.2) is 90.9 Å². The summed E-state index contributed by atoms with van der Waals surface area (Å²) in [5, 5.41) is 7.39. The first-order valence-corrected chi connectivity index (χ1v) is 30.4. The molecule has 5 aliphatic rings. The summed E-state index contributed by atoms with van der Waals surface area (Å²) >= 11 is 0. The Morgan fingerprint density at radius 3 is 1.36 bits per heavy atom. The standard InChI is InChI=1S/C66H100N5O6/c1-12-13-14-15-16-17-18-19-20-21-22-23-24-25-26-33-38-69-58(75)52(46-65(10,48-34-29-27-30-35-48)53-40-55(73)71(59(53)76)51-44-63(6,7)68-64(8,9)45-51)56(60(69)77)66(11,49-36-31-28-32-37-49)41-47-39-54(72)70(57(47)74)50-42-61(2,3)67-62(4,5)43-50/h27-32,34-37,39,47,50-53,56,67-68H,12-26,33,38,40-46H2,1-11H3. The van der Waals surface area contributed by atoms with Crippen molar-refractivity contribution in [3.63, 3.8) is 0 Å². The van der Waals surface area contributed by atoms with E-state index < -0.39 is 34.5 Å². The molecule has 6 amide bonds. The summed E-state index contributed by atoms with van der Waals surface area (Å²) in [6, 6.07) is 19.0. The molecule has 11 heteroatoms. The molecule has 77 heavy (non-hydrogen) atoms. The molecule has 425 valence electrons. The topological polar surface area (TPSA) is 136 Å². The van der Waals surface area contributed by atoms with Crippen LogP contribution in [0.2, 0.25) is 0 Å². The monoisotopic (exact) mass is 1060 g/mol. The van der Waals surface area contributed by atoms with Gasteiger partial charge >= 0.3 is 0 Å². The fraction of sp³-hybridized carbons (Fsp3) is 0.712. The fourth-order valence-electron chi connectivity index (χ4n) is 15.7. The molecule has 5 fully saturated rings. The Bertz CT molecular complexity index is 2330. The Labute approximate surface area is 465 Å². The minimum atomic E-state index is -1.10. The lowest BCUT2D eigenvalue weighted by molar-refractivity contribution is -0.146. The number of nitrogens with one attached hydrogen (secondary N) is 2. The number of unbranched alkanes of at least 4 members (excludes halogenated alkanes) is 15. The van der Waals surface area contributed by atoms with Gasteiger partial charge in [-0.25, -0.2) is 0 Å². The molecule has 5 saturated heterocycles. The van der Waals surface area contributed by atoms with E-state index in [2.05, 4.69) is 72.9 Å². The van der Waals surface area contributed by atoms with Gasteiger partial charge in [0, 0.05) is 58.0 Å². The van der Waals surface area contributed by atoms with E-state index in [0.29, 0.717) is 32.1 Å². The Kier molecular flexibility index (Phi) is 19.7. The average molecular weight is 1060 g/mol. The van der Waals surface area contributed by atoms with Gasteiger partial charge in [0.25, 0.3) is 0 Å². The van der Waals surface area contributed by atoms with Crippen molar-refractivity contribution in [2.24, 2.45) is 23.7 Å². The summed E-state index contributed by atoms with van der Waals surface area (Å²) in [7, 11) is 0. The molecule has 2 aromatic rings. The second-order valence-corrected chi connectivity index (χ2v) is 27.8. The van der Waals surface area contributed by atoms with Gasteiger partial charge in [-0.15, -0.1) is 0 Å². The van der Waals surface area contributed by atoms with Gasteiger partial charge in [-0.2, -0.15) is 0 Å². The van der Waals surface area contributed by atoms with E-state index in [1.807, 2.05) is 74.5 Å². The number of carbonyl (C=O) groups is 6. The lowest BCUT2D eigenvalue weighted by Gasteiger charge is -2.48. The predicted molar refractivity (Wildman–Crippen MR) is 308 cm³/mol. The zero-order chi connectivity index (χ0) is 56.0. The van der Waals surface area contributed by atoms with E-state index in [1.165, 1.54) is 86.8 Å². The van der Waals surface area contributed by atoms with Gasteiger partial charge in [0.15, 0.2) is 0 Å². The van der Waals surface area contributed by atoms with Crippen LogP contribution in [0.25, 0.3) is 0 Å². The van der Waals surface area contributed by atoms with Gasteiger partial charge in [0.2, 0.25) is 35.4 Å². The highest BCUT2D eigenvalue weighted by Gasteiger charge is 2.62. The Balaban J connectivity index is 1.16. The van der Waals surface area contributed by atoms with Crippen molar-refractivity contribution >= 4 is 35.4 Å². The van der Waals surface area contributed by atoms with Crippen LogP contribution in [0.3, 0.4) is 0 Å². The van der Waals surface area contributed by atoms with Crippen LogP contribution in [0.4, 0.5) is 0 Å². The highest BCUT2D eigenvalue weighted by atomic mass is 16.2. The predicted octanol–water partition coefficient (Wildman–Crippen LogP) is 12.7. The number of rotatable bonds is 27. The normalized spacial score (nSPS) is 26.2. The smallest absolute Gasteiger partial charge is 0.234 e. The van der Waals surface area contributed by atoms with Crippen molar-refractivity contribution < 1.29 is 28.8 Å². The number of hydrogen-bond donors (Lipinski definition) is 2. The maximum atomic E-state index is 15.7. The zero-order valence-corrected chi connectivity index (χ0v) is 49.6. The molecule has 5 heterocycles. The number of nitrogens with zero attached hydrogens (tertiary/aromatic N) is 3. The molecule has 6 atom stereocenters. The minimum absolute atomic E-state index is 0.00117. The maximum absolute atomic E-state index is 15.7. The summed E-state index contributed by atoms with van der Waals surface area (Å²) in [4.78, 5) is 94.8. The van der Waals surface area contributed by atoms with Crippen LogP contribution in [0.5, 0.6) is 0 Å². The van der Waals surface area contributed by atoms with Crippen molar-refractivity contribution in [2.75, 3.05) is 6.54 Å². The third kappa shape index (κ3) is 14.4. The second-order valence-electron chi connectivity index (χ2n) is 27.8. The zero-order valence-electron chi connectivity index (χ0n) is 49.6. The first-order valence-electron chi connectivity index (χ1n) is 30.4. The van der Waals surface area contributed by atoms with Gasteiger partial charge in [-0.3, -0.25) is 43.5 Å². The van der Waals surface area contributed by atoms with Gasteiger partial charge in [-0.1, -0.05) is 178 Å². The summed E-state index contributed by atoms with van der Waals surface area (Å²) in [5.74, 6) is -4.97. The van der Waals surface area contributed by atoms with E-state index in [-0.39, 0.29) is 95.5 Å². The molecule has 2 N–H and O–H groups in total. The summed E-state index contributed by atoms with van der Waals surface area (Å²) in [5.41, 5.74) is -1.73. The van der Waals surface area contributed by atoms with Gasteiger partial charge in [-0.05, 0) is 111 Å². The lowest BCUT2D eigenvalue weighted by atomic mass is 9.58. The Hall–Kier alpha value is -4.22. The number of imide groups is 3. The SMILES string of the molecule is CCCCCCCCCCCCCCCCCCN1C(=O)C(CC(C)(c2ccccc2)C2CC(=O)N(C3CC(C)(C)NC(C)(C)C3)C2=O)C(C(C)(CC2[CH]C(=O)N(C3CC(C)(C)NC(C)(C)C3)C2=O)c2ccccc2)C1=O. The number of hydrogen-bond acceptors (Lipinski definition) is 8. The van der Waals surface area contributed by atoms with Crippen LogP contribution in [0, 0.1) is 30.1 Å². The molecule has 0 spiro atoms. The number of amides is 6. The van der Waals surface area contributed by atoms with Crippen molar-refractivity contribution in [2.45, 2.75) is 269 Å². The number of carbonyl (C=O) groups excluding carboxylic acids is 6. The summed E-state index contributed by atoms with van der Waals surface area (Å²) < 4.78 is 0. The molecule has 7 rings (SSSR count). The maximum Gasteiger partial charge on any atom is 0.234 e. The molecule has 0 saturated carbocycles. The molecule has 1 radical (unpaired) electrons. The second kappa shape index (κ2) is 25.1. The molecule has 2 aromatic carbocycles. The first kappa shape index (κ1) is 60.4. The van der Waals surface area contributed by atoms with Crippen LogP contribution in [0.15, 0.2) is 60.7 Å². The molecular formula is C66H100N5O6. The third-order valence-electron chi connectivity index (χ3n) is 18.7. The minimum Gasteiger partial charge on any atom is -0.307 e. The lowest BCUT2D eigenvalue weighted by Crippen LogP contribution is -2.63. The molecule has 11 nitrogen and oxygen atoms in total. The van der Waals surface area contributed by atoms with Crippen molar-refractivity contribution in [3.05, 3.63) is 78.2 Å². The van der Waals surface area contributed by atoms with E-state index in [4.69, 9.17) is 0 Å². The van der Waals surface area contributed by atoms with E-state index in [0.717, 1.165) is 30.4 Å². The molecule has 0 aliphatic carbocycles. The quantitative estimate of drug-likeness (QED) is 0.0667. The fourth-order valence-corrected chi connectivity index (χ4v) is 15.7. The van der Waals surface area contributed by atoms with Crippen molar-refractivity contribution in [1.29, 1.82) is 0 Å². The molecular weight excluding hydrogens is 959 g/mol. The van der Waals surface area contributed by atoms with E-state index in [1.54, 1.807) is 11.3 Å². The molecule has 5 aliphatic heterocycles. The first-order chi connectivity index (χ1) is 36.3. The molecule has 0 bridgehead atoms. The highest BCUT2D eigenvalue weighted by molar-refractivity contribution is 6.10. The van der Waals surface area contributed by atoms with Crippen LogP contribution in [-0.2, 0) is 39.6 Å². The largest absolute Gasteiger partial charge is 0.307 e. The third-order valence-corrected chi connectivity index (χ3v) is 18.7. The summed E-state index contributed by atoms with van der Waals surface area (Å²) in [6.07, 6.45) is 23.8. The van der Waals surface area contributed by atoms with Gasteiger partial charge < -0.3 is 10.6 Å². The van der Waals surface area contributed by atoms with Crippen molar-refractivity contribution in [3.8, 4) is 0 Å². The summed E-state index contributed by atoms with van der Waals surface area (Å²) in [6.45, 7) is 23.5. The van der Waals surface area contributed by atoms with Crippen molar-refractivity contribution in [1.82, 2.24) is 25.3 Å². The molecule has 0 aromatic heterocycles. The van der Waals surface area contributed by atoms with Gasteiger partial charge in [0.1, 0.15) is 0 Å². The van der Waals surface area contributed by atoms with E-state index in [9.17, 15) is 14.4 Å². The van der Waals surface area contributed by atoms with Crippen LogP contribution >= 0.6 is 0 Å². The number of benzene rings is 2. The van der Waals surface area contributed by atoms with E-state index >= 15 is 14.4 Å². The van der Waals surface area contributed by atoms with Crippen LogP contribution in [0.1, 0.15) is 235 Å². The number of likely N-dealkylation sites (tertiary alicyclic amines) is 3. The van der Waals surface area contributed by atoms with Gasteiger partial charge in [0.05, 0.1) is 30.1 Å². The Morgan fingerprint density at radius 2 is 0.909 bits per heavy atom. The molecule has 6 unspecified atom stereocenters. The van der Waals surface area contributed by atoms with Crippen LogP contribution < -0.4 is 10.6 Å².